The van der Waals surface area contributed by atoms with Crippen LogP contribution in [0.4, 0.5) is 0 Å². The molecule has 2 aromatic carbocycles. The number of phenols is 1. The Labute approximate surface area is 268 Å². The molecule has 0 saturated heterocycles. The molecule has 3 aliphatic rings. The Balaban J connectivity index is 1.83. The summed E-state index contributed by atoms with van der Waals surface area (Å²) >= 11 is 0. The van der Waals surface area contributed by atoms with Crippen LogP contribution in [0, 0.1) is 11.8 Å². The van der Waals surface area contributed by atoms with Crippen LogP contribution in [-0.4, -0.2) is 94.6 Å². The molecule has 11 heteroatoms. The van der Waals surface area contributed by atoms with Crippen molar-refractivity contribution in [2.75, 3.05) is 35.3 Å². The summed E-state index contributed by atoms with van der Waals surface area (Å²) in [5, 5.41) is 46.8. The Morgan fingerprint density at radius 1 is 1.07 bits per heavy atom. The van der Waals surface area contributed by atoms with Gasteiger partial charge in [-0.2, -0.15) is 0 Å². The number of carbonyl (C=O) groups is 3. The number of benzene rings is 2. The number of hydrogen-bond donors (Lipinski definition) is 5. The maximum atomic E-state index is 14.3. The van der Waals surface area contributed by atoms with Crippen molar-refractivity contribution in [3.63, 3.8) is 0 Å². The molecule has 0 aromatic heterocycles. The van der Waals surface area contributed by atoms with Gasteiger partial charge in [-0.3, -0.25) is 19.3 Å². The standard InChI is InChI=1S/C35H43N3O8/c1-34(2,3)22-14-18(19-11-16(15-37(4)5)9-10-23(19)46-8)20-12-17-13-21-27(38(6)7)30(41)26(33(36)44)32(43)35(21,45)31(42)24(17)29(40)25(20)28(22)39/h9-11,14,17,21,27,39-40,43,45H,12-13,15H2,1-8H3,(H2,36,44). The normalized spacial score (nSPS) is 24.7. The molecule has 0 aliphatic heterocycles. The molecule has 0 bridgehead atoms. The van der Waals surface area contributed by atoms with Crippen LogP contribution < -0.4 is 10.5 Å². The van der Waals surface area contributed by atoms with Gasteiger partial charge in [0.05, 0.1) is 18.7 Å². The highest BCUT2D eigenvalue weighted by atomic mass is 16.5. The van der Waals surface area contributed by atoms with Crippen molar-refractivity contribution in [3.05, 3.63) is 63.4 Å². The molecule has 1 amide bonds. The first kappa shape index (κ1) is 33.2. The van der Waals surface area contributed by atoms with Gasteiger partial charge in [-0.15, -0.1) is 0 Å². The predicted octanol–water partition coefficient (Wildman–Crippen LogP) is 3.00. The molecule has 246 valence electrons. The van der Waals surface area contributed by atoms with E-state index in [0.29, 0.717) is 29.0 Å². The number of hydrogen-bond acceptors (Lipinski definition) is 10. The van der Waals surface area contributed by atoms with Gasteiger partial charge in [0.1, 0.15) is 28.6 Å². The minimum Gasteiger partial charge on any atom is -0.508 e. The molecular weight excluding hydrogens is 590 g/mol. The SMILES string of the molecule is COc1ccc(CN(C)C)cc1-c1cc(C(C)(C)C)c(O)c2c1CC1CC3C(N(C)C)C(=O)C(C(N)=O)=C(O)C3(O)C(=O)C1=C2O. The second-order valence-corrected chi connectivity index (χ2v) is 14.2. The van der Waals surface area contributed by atoms with Crippen LogP contribution in [0.2, 0.25) is 0 Å². The van der Waals surface area contributed by atoms with E-state index in [2.05, 4.69) is 0 Å². The summed E-state index contributed by atoms with van der Waals surface area (Å²) < 4.78 is 5.78. The van der Waals surface area contributed by atoms with Gasteiger partial charge in [0, 0.05) is 29.2 Å². The molecule has 46 heavy (non-hydrogen) atoms. The molecule has 5 rings (SSSR count). The highest BCUT2D eigenvalue weighted by Gasteiger charge is 2.64. The Morgan fingerprint density at radius 2 is 1.72 bits per heavy atom. The molecule has 3 aliphatic carbocycles. The van der Waals surface area contributed by atoms with E-state index < -0.39 is 63.5 Å². The van der Waals surface area contributed by atoms with Gasteiger partial charge in [-0.25, -0.2) is 0 Å². The number of Topliss-reactive ketones (excluding diaryl/α,β-unsaturated/α-hetero) is 2. The average molecular weight is 634 g/mol. The Hall–Kier alpha value is -4.19. The van der Waals surface area contributed by atoms with Crippen LogP contribution in [-0.2, 0) is 32.8 Å². The molecule has 11 nitrogen and oxygen atoms in total. The van der Waals surface area contributed by atoms with Crippen molar-refractivity contribution in [2.24, 2.45) is 17.6 Å². The second-order valence-electron chi connectivity index (χ2n) is 14.2. The van der Waals surface area contributed by atoms with Crippen molar-refractivity contribution in [3.8, 4) is 22.6 Å². The molecule has 1 fully saturated rings. The zero-order valence-electron chi connectivity index (χ0n) is 27.6. The number of likely N-dealkylation sites (N-methyl/N-ethyl adjacent to an activating group) is 1. The Bertz CT molecular complexity index is 1730. The maximum Gasteiger partial charge on any atom is 0.255 e. The minimum absolute atomic E-state index is 0.00475. The van der Waals surface area contributed by atoms with Crippen molar-refractivity contribution in [1.82, 2.24) is 9.80 Å². The summed E-state index contributed by atoms with van der Waals surface area (Å²) in [6.07, 6.45) is 0.174. The Morgan fingerprint density at radius 3 is 2.26 bits per heavy atom. The number of phenolic OH excluding ortho intramolecular Hbond substituents is 1. The number of nitrogens with two attached hydrogens (primary N) is 1. The van der Waals surface area contributed by atoms with Crippen LogP contribution in [0.15, 0.2) is 41.2 Å². The summed E-state index contributed by atoms with van der Waals surface area (Å²) in [5.41, 5.74) is 4.73. The van der Waals surface area contributed by atoms with E-state index in [4.69, 9.17) is 10.5 Å². The lowest BCUT2D eigenvalue weighted by Gasteiger charge is -2.50. The topological polar surface area (TPSA) is 174 Å². The van der Waals surface area contributed by atoms with Crippen LogP contribution in [0.1, 0.15) is 49.4 Å². The van der Waals surface area contributed by atoms with Crippen molar-refractivity contribution >= 4 is 23.2 Å². The van der Waals surface area contributed by atoms with Crippen LogP contribution >= 0.6 is 0 Å². The van der Waals surface area contributed by atoms with E-state index in [9.17, 15) is 34.8 Å². The quantitative estimate of drug-likeness (QED) is 0.298. The molecule has 0 heterocycles. The maximum absolute atomic E-state index is 14.3. The molecule has 1 saturated carbocycles. The number of aliphatic hydroxyl groups excluding tert-OH is 2. The van der Waals surface area contributed by atoms with E-state index in [0.717, 1.165) is 11.1 Å². The minimum atomic E-state index is -2.70. The van der Waals surface area contributed by atoms with Crippen LogP contribution in [0.25, 0.3) is 16.9 Å². The molecule has 6 N–H and O–H groups in total. The van der Waals surface area contributed by atoms with E-state index >= 15 is 0 Å². The third-order valence-electron chi connectivity index (χ3n) is 9.58. The summed E-state index contributed by atoms with van der Waals surface area (Å²) in [4.78, 5) is 43.6. The van der Waals surface area contributed by atoms with Gasteiger partial charge in [0.25, 0.3) is 5.91 Å². The molecular formula is C35H43N3O8. The summed E-state index contributed by atoms with van der Waals surface area (Å²) in [6.45, 7) is 6.41. The van der Waals surface area contributed by atoms with E-state index in [1.807, 2.05) is 64.0 Å². The van der Waals surface area contributed by atoms with Gasteiger partial charge < -0.3 is 35.8 Å². The number of fused-ring (bicyclic) bond motifs is 3. The number of ether oxygens (including phenoxy) is 1. The third-order valence-corrected chi connectivity index (χ3v) is 9.58. The summed E-state index contributed by atoms with van der Waals surface area (Å²) in [6, 6.07) is 6.59. The summed E-state index contributed by atoms with van der Waals surface area (Å²) in [7, 11) is 8.65. The van der Waals surface area contributed by atoms with Crippen molar-refractivity contribution in [1.29, 1.82) is 0 Å². The number of rotatable bonds is 6. The van der Waals surface area contributed by atoms with Gasteiger partial charge >= 0.3 is 0 Å². The number of amides is 1. The molecule has 0 spiro atoms. The van der Waals surface area contributed by atoms with Crippen molar-refractivity contribution < 1.29 is 39.5 Å². The number of methoxy groups -OCH3 is 1. The monoisotopic (exact) mass is 633 g/mol. The lowest BCUT2D eigenvalue weighted by molar-refractivity contribution is -0.153. The molecule has 2 aromatic rings. The average Bonchev–Trinajstić information content (AvgIpc) is 2.93. The number of aromatic hydroxyl groups is 1. The van der Waals surface area contributed by atoms with E-state index in [-0.39, 0.29) is 29.7 Å². The fourth-order valence-electron chi connectivity index (χ4n) is 7.55. The lowest BCUT2D eigenvalue weighted by Crippen LogP contribution is -2.65. The third kappa shape index (κ3) is 4.88. The number of ketones is 2. The van der Waals surface area contributed by atoms with Crippen molar-refractivity contribution in [2.45, 2.75) is 57.2 Å². The number of nitrogens with zero attached hydrogens (tertiary/aromatic N) is 2. The lowest BCUT2D eigenvalue weighted by atomic mass is 9.57. The largest absolute Gasteiger partial charge is 0.508 e. The zero-order valence-corrected chi connectivity index (χ0v) is 27.6. The van der Waals surface area contributed by atoms with E-state index in [1.165, 1.54) is 4.90 Å². The molecule has 0 radical (unpaired) electrons. The first-order valence-corrected chi connectivity index (χ1v) is 15.2. The fraction of sp³-hybridized carbons (Fsp3) is 0.457. The first-order valence-electron chi connectivity index (χ1n) is 15.2. The Kier molecular flexibility index (Phi) is 8.12. The van der Waals surface area contributed by atoms with Gasteiger partial charge in [0.15, 0.2) is 11.4 Å². The second kappa shape index (κ2) is 11.3. The predicted molar refractivity (Wildman–Crippen MR) is 172 cm³/mol. The summed E-state index contributed by atoms with van der Waals surface area (Å²) in [5.74, 6) is -6.22. The number of carbonyl (C=O) groups excluding carboxylic acids is 3. The van der Waals surface area contributed by atoms with Gasteiger partial charge in [-0.05, 0) is 87.3 Å². The highest BCUT2D eigenvalue weighted by Crippen LogP contribution is 2.55. The number of primary amides is 1. The number of aliphatic hydroxyl groups is 3. The van der Waals surface area contributed by atoms with Crippen LogP contribution in [0.3, 0.4) is 0 Å². The molecule has 4 unspecified atom stereocenters. The fourth-order valence-corrected chi connectivity index (χ4v) is 7.55. The van der Waals surface area contributed by atoms with Crippen LogP contribution in [0.5, 0.6) is 11.5 Å². The highest BCUT2D eigenvalue weighted by molar-refractivity contribution is 6.24. The van der Waals surface area contributed by atoms with Gasteiger partial charge in [-0.1, -0.05) is 26.8 Å². The van der Waals surface area contributed by atoms with E-state index in [1.54, 1.807) is 21.2 Å². The van der Waals surface area contributed by atoms with Gasteiger partial charge in [0.2, 0.25) is 5.78 Å². The zero-order chi connectivity index (χ0) is 34.2. The smallest absolute Gasteiger partial charge is 0.255 e. The molecule has 4 atom stereocenters. The first-order chi connectivity index (χ1) is 21.4.